The first-order valence-corrected chi connectivity index (χ1v) is 5.97. The van der Waals surface area contributed by atoms with Gasteiger partial charge in [0.1, 0.15) is 6.04 Å². The number of urea groups is 1. The monoisotopic (exact) mass is 258 g/mol. The number of nitrogens with one attached hydrogen (secondary N) is 1. The highest BCUT2D eigenvalue weighted by atomic mass is 16.4. The van der Waals surface area contributed by atoms with E-state index in [4.69, 9.17) is 10.2 Å². The molecule has 0 bridgehead atoms. The van der Waals surface area contributed by atoms with E-state index < -0.39 is 30.4 Å². The molecule has 0 aliphatic heterocycles. The molecular weight excluding hydrogens is 240 g/mol. The smallest absolute Gasteiger partial charge is 0.326 e. The molecule has 7 nitrogen and oxygen atoms in total. The average molecular weight is 258 g/mol. The second-order valence-electron chi connectivity index (χ2n) is 4.36. The van der Waals surface area contributed by atoms with Crippen LogP contribution < -0.4 is 5.32 Å². The van der Waals surface area contributed by atoms with Crippen LogP contribution in [0.4, 0.5) is 4.79 Å². The molecule has 1 aliphatic carbocycles. The van der Waals surface area contributed by atoms with E-state index >= 15 is 0 Å². The predicted octanol–water partition coefficient (Wildman–Crippen LogP) is 0.498. The molecule has 7 heteroatoms. The summed E-state index contributed by atoms with van der Waals surface area (Å²) in [6, 6.07) is -1.70. The lowest BCUT2D eigenvalue weighted by Crippen LogP contribution is -2.49. The number of carbonyl (C=O) groups is 3. The Morgan fingerprint density at radius 1 is 1.33 bits per heavy atom. The molecule has 0 heterocycles. The van der Waals surface area contributed by atoms with Crippen LogP contribution in [-0.2, 0) is 9.59 Å². The summed E-state index contributed by atoms with van der Waals surface area (Å²) in [6.45, 7) is 2.48. The Morgan fingerprint density at radius 3 is 2.33 bits per heavy atom. The van der Waals surface area contributed by atoms with E-state index in [2.05, 4.69) is 5.32 Å². The maximum Gasteiger partial charge on any atom is 0.326 e. The van der Waals surface area contributed by atoms with Gasteiger partial charge in [-0.1, -0.05) is 6.92 Å². The molecule has 3 N–H and O–H groups in total. The molecule has 0 radical (unpaired) electrons. The van der Waals surface area contributed by atoms with Gasteiger partial charge in [0.25, 0.3) is 0 Å². The molecule has 2 amide bonds. The summed E-state index contributed by atoms with van der Waals surface area (Å²) in [5, 5.41) is 19.7. The van der Waals surface area contributed by atoms with Crippen molar-refractivity contribution in [1.29, 1.82) is 0 Å². The third kappa shape index (κ3) is 4.23. The minimum atomic E-state index is -1.38. The molecule has 1 fully saturated rings. The summed E-state index contributed by atoms with van der Waals surface area (Å²) in [5.74, 6) is -2.59. The van der Waals surface area contributed by atoms with E-state index in [1.165, 1.54) is 0 Å². The lowest BCUT2D eigenvalue weighted by molar-refractivity contribution is -0.145. The molecule has 0 spiro atoms. The van der Waals surface area contributed by atoms with Crippen molar-refractivity contribution < 1.29 is 24.6 Å². The highest BCUT2D eigenvalue weighted by molar-refractivity contribution is 5.86. The summed E-state index contributed by atoms with van der Waals surface area (Å²) >= 11 is 0. The number of rotatable bonds is 7. The van der Waals surface area contributed by atoms with E-state index in [0.29, 0.717) is 6.54 Å². The normalized spacial score (nSPS) is 15.8. The van der Waals surface area contributed by atoms with E-state index in [0.717, 1.165) is 19.3 Å². The van der Waals surface area contributed by atoms with Gasteiger partial charge < -0.3 is 20.4 Å². The van der Waals surface area contributed by atoms with Gasteiger partial charge in [-0.3, -0.25) is 4.79 Å². The van der Waals surface area contributed by atoms with Crippen LogP contribution in [0.15, 0.2) is 0 Å². The Morgan fingerprint density at radius 2 is 1.94 bits per heavy atom. The Kier molecular flexibility index (Phi) is 4.94. The van der Waals surface area contributed by atoms with Crippen LogP contribution in [0.3, 0.4) is 0 Å². The summed E-state index contributed by atoms with van der Waals surface area (Å²) in [4.78, 5) is 34.8. The average Bonchev–Trinajstić information content (AvgIpc) is 3.07. The number of aliphatic carboxylic acids is 2. The van der Waals surface area contributed by atoms with Crippen molar-refractivity contribution in [3.63, 3.8) is 0 Å². The Balaban J connectivity index is 2.58. The van der Waals surface area contributed by atoms with Crippen molar-refractivity contribution in [3.05, 3.63) is 0 Å². The Labute approximate surface area is 105 Å². The second-order valence-corrected chi connectivity index (χ2v) is 4.36. The zero-order chi connectivity index (χ0) is 13.7. The van der Waals surface area contributed by atoms with Gasteiger partial charge in [-0.15, -0.1) is 0 Å². The van der Waals surface area contributed by atoms with Crippen LogP contribution in [0.1, 0.15) is 32.6 Å². The van der Waals surface area contributed by atoms with Crippen LogP contribution >= 0.6 is 0 Å². The van der Waals surface area contributed by atoms with Crippen molar-refractivity contribution in [1.82, 2.24) is 10.2 Å². The molecule has 1 rings (SSSR count). The van der Waals surface area contributed by atoms with Crippen molar-refractivity contribution in [3.8, 4) is 0 Å². The largest absolute Gasteiger partial charge is 0.481 e. The molecule has 102 valence electrons. The molecule has 0 saturated heterocycles. The molecule has 0 aromatic carbocycles. The van der Waals surface area contributed by atoms with Gasteiger partial charge in [-0.2, -0.15) is 0 Å². The molecule has 1 unspecified atom stereocenters. The number of amides is 2. The number of hydrogen-bond acceptors (Lipinski definition) is 3. The fourth-order valence-electron chi connectivity index (χ4n) is 1.68. The minimum Gasteiger partial charge on any atom is -0.481 e. The van der Waals surface area contributed by atoms with Crippen LogP contribution in [0.2, 0.25) is 0 Å². The molecule has 0 aromatic rings. The van der Waals surface area contributed by atoms with Crippen LogP contribution in [0.25, 0.3) is 0 Å². The van der Waals surface area contributed by atoms with Gasteiger partial charge in [0.2, 0.25) is 0 Å². The third-order valence-electron chi connectivity index (χ3n) is 2.69. The first-order chi connectivity index (χ1) is 8.45. The van der Waals surface area contributed by atoms with E-state index in [1.807, 2.05) is 6.92 Å². The van der Waals surface area contributed by atoms with Gasteiger partial charge >= 0.3 is 18.0 Å². The molecule has 0 aromatic heterocycles. The highest BCUT2D eigenvalue weighted by Crippen LogP contribution is 2.26. The standard InChI is InChI=1S/C11H18N2O5/c1-2-5-13(7-3-4-7)11(18)12-8(10(16)17)6-9(14)15/h7-8H,2-6H2,1H3,(H,12,18)(H,14,15)(H,16,17). The fraction of sp³-hybridized carbons (Fsp3) is 0.727. The summed E-state index contributed by atoms with van der Waals surface area (Å²) < 4.78 is 0. The summed E-state index contributed by atoms with van der Waals surface area (Å²) in [5.41, 5.74) is 0. The molecule has 1 aliphatic rings. The van der Waals surface area contributed by atoms with Crippen molar-refractivity contribution in [2.75, 3.05) is 6.54 Å². The van der Waals surface area contributed by atoms with E-state index in [-0.39, 0.29) is 6.04 Å². The van der Waals surface area contributed by atoms with Gasteiger partial charge in [-0.25, -0.2) is 9.59 Å². The van der Waals surface area contributed by atoms with E-state index in [9.17, 15) is 14.4 Å². The third-order valence-corrected chi connectivity index (χ3v) is 2.69. The summed E-state index contributed by atoms with van der Waals surface area (Å²) in [7, 11) is 0. The molecular formula is C11H18N2O5. The van der Waals surface area contributed by atoms with Gasteiger partial charge in [0.05, 0.1) is 6.42 Å². The molecule has 18 heavy (non-hydrogen) atoms. The van der Waals surface area contributed by atoms with Crippen LogP contribution in [0, 0.1) is 0 Å². The maximum absolute atomic E-state index is 11.9. The topological polar surface area (TPSA) is 107 Å². The number of carbonyl (C=O) groups excluding carboxylic acids is 1. The van der Waals surface area contributed by atoms with Gasteiger partial charge in [-0.05, 0) is 19.3 Å². The first-order valence-electron chi connectivity index (χ1n) is 5.97. The minimum absolute atomic E-state index is 0.171. The van der Waals surface area contributed by atoms with Crippen LogP contribution in [0.5, 0.6) is 0 Å². The molecule has 1 saturated carbocycles. The van der Waals surface area contributed by atoms with Crippen molar-refractivity contribution >= 4 is 18.0 Å². The zero-order valence-corrected chi connectivity index (χ0v) is 10.3. The lowest BCUT2D eigenvalue weighted by atomic mass is 10.2. The second kappa shape index (κ2) is 6.23. The lowest BCUT2D eigenvalue weighted by Gasteiger charge is -2.24. The van der Waals surface area contributed by atoms with Crippen molar-refractivity contribution in [2.45, 2.75) is 44.7 Å². The quantitative estimate of drug-likeness (QED) is 0.616. The van der Waals surface area contributed by atoms with Gasteiger partial charge in [0.15, 0.2) is 0 Å². The SMILES string of the molecule is CCCN(C(=O)NC(CC(=O)O)C(=O)O)C1CC1. The highest BCUT2D eigenvalue weighted by Gasteiger charge is 2.34. The molecule has 1 atom stereocenters. The summed E-state index contributed by atoms with van der Waals surface area (Å²) in [6.07, 6.45) is 2.00. The first kappa shape index (κ1) is 14.3. The zero-order valence-electron chi connectivity index (χ0n) is 10.3. The van der Waals surface area contributed by atoms with Crippen LogP contribution in [-0.4, -0.2) is 51.7 Å². The van der Waals surface area contributed by atoms with Gasteiger partial charge in [0, 0.05) is 12.6 Å². The number of hydrogen-bond donors (Lipinski definition) is 3. The van der Waals surface area contributed by atoms with E-state index in [1.54, 1.807) is 4.90 Å². The number of nitrogens with zero attached hydrogens (tertiary/aromatic N) is 1. The number of carboxylic acids is 2. The predicted molar refractivity (Wildman–Crippen MR) is 62.2 cm³/mol. The maximum atomic E-state index is 11.9. The Hall–Kier alpha value is -1.79. The fourth-order valence-corrected chi connectivity index (χ4v) is 1.68. The van der Waals surface area contributed by atoms with Crippen molar-refractivity contribution in [2.24, 2.45) is 0 Å². The Bertz CT molecular complexity index is 340. The number of carboxylic acid groups (broad SMARTS) is 2.